The summed E-state index contributed by atoms with van der Waals surface area (Å²) in [6, 6.07) is 5.87. The number of likely N-dealkylation sites (tertiary alicyclic amines) is 1. The predicted octanol–water partition coefficient (Wildman–Crippen LogP) is 4.61. The first-order valence-electron chi connectivity index (χ1n) is 14.7. The van der Waals surface area contributed by atoms with Crippen LogP contribution in [0.2, 0.25) is 0 Å². The predicted molar refractivity (Wildman–Crippen MR) is 162 cm³/mol. The minimum Gasteiger partial charge on any atom is -0.497 e. The van der Waals surface area contributed by atoms with E-state index in [1.807, 2.05) is 32.1 Å². The Balaban J connectivity index is 1.71. The second kappa shape index (κ2) is 13.5. The van der Waals surface area contributed by atoms with Crippen molar-refractivity contribution in [3.63, 3.8) is 0 Å². The maximum absolute atomic E-state index is 14.7. The quantitative estimate of drug-likeness (QED) is 0.183. The highest BCUT2D eigenvalue weighted by molar-refractivity contribution is 8.02. The van der Waals surface area contributed by atoms with Crippen LogP contribution in [-0.4, -0.2) is 76.7 Å². The van der Waals surface area contributed by atoms with Crippen molar-refractivity contribution in [1.82, 2.24) is 4.90 Å². The van der Waals surface area contributed by atoms with Gasteiger partial charge in [-0.3, -0.25) is 14.4 Å². The number of unbranched alkanes of at least 4 members (excludes halogenated alkanes) is 2. The Labute approximate surface area is 248 Å². The maximum Gasteiger partial charge on any atom is 0.310 e. The van der Waals surface area contributed by atoms with Crippen molar-refractivity contribution in [2.75, 3.05) is 31.8 Å². The Kier molecular flexibility index (Phi) is 10.2. The molecule has 41 heavy (non-hydrogen) atoms. The number of nitrogens with zero attached hydrogens (tertiary/aromatic N) is 2. The molecule has 0 aromatic heterocycles. The molecule has 3 heterocycles. The summed E-state index contributed by atoms with van der Waals surface area (Å²) in [7, 11) is 1.59. The maximum atomic E-state index is 14.7. The number of rotatable bonds is 15. The molecule has 4 rings (SSSR count). The Morgan fingerprint density at radius 2 is 1.95 bits per heavy atom. The molecule has 0 saturated carbocycles. The summed E-state index contributed by atoms with van der Waals surface area (Å²) in [5, 5.41) is 10.4. The summed E-state index contributed by atoms with van der Waals surface area (Å²) in [4.78, 5) is 45.8. The van der Waals surface area contributed by atoms with Gasteiger partial charge in [0.1, 0.15) is 11.8 Å². The van der Waals surface area contributed by atoms with E-state index in [0.29, 0.717) is 30.9 Å². The summed E-state index contributed by atoms with van der Waals surface area (Å²) in [6.07, 6.45) is 7.92. The summed E-state index contributed by atoms with van der Waals surface area (Å²) < 4.78 is 10.3. The molecule has 1 aromatic rings. The Bertz CT molecular complexity index is 1120. The van der Waals surface area contributed by atoms with Crippen LogP contribution in [-0.2, 0) is 19.1 Å². The van der Waals surface area contributed by atoms with Gasteiger partial charge in [0, 0.05) is 17.5 Å². The number of aliphatic hydroxyl groups is 1. The van der Waals surface area contributed by atoms with E-state index in [0.717, 1.165) is 25.7 Å². The van der Waals surface area contributed by atoms with Crippen LogP contribution in [0.25, 0.3) is 0 Å². The van der Waals surface area contributed by atoms with Gasteiger partial charge in [-0.05, 0) is 68.7 Å². The highest BCUT2D eigenvalue weighted by atomic mass is 32.2. The number of amides is 2. The van der Waals surface area contributed by atoms with E-state index in [-0.39, 0.29) is 42.1 Å². The molecule has 3 aliphatic heterocycles. The van der Waals surface area contributed by atoms with Gasteiger partial charge in [0.15, 0.2) is 0 Å². The minimum atomic E-state index is -0.821. The van der Waals surface area contributed by atoms with Gasteiger partial charge in [-0.1, -0.05) is 26.0 Å². The Hall–Kier alpha value is -2.78. The topological polar surface area (TPSA) is 96.4 Å². The van der Waals surface area contributed by atoms with E-state index in [9.17, 15) is 19.5 Å². The SMILES string of the molecule is C=CCCCCOC(=O)[C@@H]1[C@@H]2CCC3(S2)C(C(=O)N(CC=C)c2ccc(OC)cc2)N([C@@H](CO)CC(C)C)C(=O)[C@H]13. The van der Waals surface area contributed by atoms with Crippen LogP contribution >= 0.6 is 11.8 Å². The molecule has 3 saturated heterocycles. The average molecular weight is 585 g/mol. The van der Waals surface area contributed by atoms with Crippen molar-refractivity contribution in [2.45, 2.75) is 74.5 Å². The first-order chi connectivity index (χ1) is 19.7. The van der Waals surface area contributed by atoms with Crippen molar-refractivity contribution in [3.05, 3.63) is 49.6 Å². The molecule has 2 bridgehead atoms. The average Bonchev–Trinajstić information content (AvgIpc) is 3.61. The van der Waals surface area contributed by atoms with E-state index in [4.69, 9.17) is 9.47 Å². The third kappa shape index (κ3) is 5.93. The molecule has 6 atom stereocenters. The number of fused-ring (bicyclic) bond motifs is 1. The lowest BCUT2D eigenvalue weighted by atomic mass is 9.71. The number of hydrogen-bond donors (Lipinski definition) is 1. The van der Waals surface area contributed by atoms with Gasteiger partial charge in [-0.15, -0.1) is 24.9 Å². The number of benzene rings is 1. The van der Waals surface area contributed by atoms with Crippen LogP contribution in [0.15, 0.2) is 49.6 Å². The molecule has 224 valence electrons. The molecule has 1 N–H and O–H groups in total. The Morgan fingerprint density at radius 3 is 2.56 bits per heavy atom. The van der Waals surface area contributed by atoms with Crippen LogP contribution in [0.4, 0.5) is 5.69 Å². The number of thioether (sulfide) groups is 1. The van der Waals surface area contributed by atoms with Crippen molar-refractivity contribution in [3.8, 4) is 5.75 Å². The summed E-state index contributed by atoms with van der Waals surface area (Å²) in [6.45, 7) is 12.0. The van der Waals surface area contributed by atoms with Gasteiger partial charge in [-0.25, -0.2) is 0 Å². The van der Waals surface area contributed by atoms with Gasteiger partial charge in [0.2, 0.25) is 5.91 Å². The first kappa shape index (κ1) is 31.2. The minimum absolute atomic E-state index is 0.0754. The van der Waals surface area contributed by atoms with Gasteiger partial charge in [-0.2, -0.15) is 0 Å². The number of carbonyl (C=O) groups is 3. The van der Waals surface area contributed by atoms with Gasteiger partial charge >= 0.3 is 5.97 Å². The van der Waals surface area contributed by atoms with E-state index >= 15 is 0 Å². The fraction of sp³-hybridized carbons (Fsp3) is 0.594. The number of methoxy groups -OCH3 is 1. The largest absolute Gasteiger partial charge is 0.497 e. The standard InChI is InChI=1S/C32H44N2O6S/c1-6-8-9-10-18-40-31(38)26-25-15-16-32(41-25)27(26)29(36)34(23(20-35)19-21(3)4)28(32)30(37)33(17-7-2)22-11-13-24(39-5)14-12-22/h6-7,11-14,21,23,25-28,35H,1-2,8-10,15-20H2,3-5H3/t23-,25+,26-,27+,28?,32?/m1/s1. The summed E-state index contributed by atoms with van der Waals surface area (Å²) in [5.74, 6) is -1.20. The normalized spacial score (nSPS) is 27.0. The zero-order valence-electron chi connectivity index (χ0n) is 24.5. The number of ether oxygens (including phenoxy) is 2. The van der Waals surface area contributed by atoms with Crippen molar-refractivity contribution >= 4 is 35.2 Å². The molecule has 3 fully saturated rings. The van der Waals surface area contributed by atoms with E-state index in [2.05, 4.69) is 13.2 Å². The molecule has 8 nitrogen and oxygen atoms in total. The van der Waals surface area contributed by atoms with Gasteiger partial charge < -0.3 is 24.4 Å². The van der Waals surface area contributed by atoms with Crippen LogP contribution in [0.5, 0.6) is 5.75 Å². The molecule has 2 unspecified atom stereocenters. The zero-order chi connectivity index (χ0) is 29.7. The second-order valence-electron chi connectivity index (χ2n) is 11.7. The van der Waals surface area contributed by atoms with Crippen molar-refractivity contribution in [1.29, 1.82) is 0 Å². The molecule has 0 aliphatic carbocycles. The summed E-state index contributed by atoms with van der Waals surface area (Å²) >= 11 is 1.61. The number of esters is 1. The number of carbonyl (C=O) groups excluding carboxylic acids is 3. The second-order valence-corrected chi connectivity index (χ2v) is 13.3. The van der Waals surface area contributed by atoms with Gasteiger partial charge in [0.05, 0.1) is 42.9 Å². The number of aliphatic hydroxyl groups excluding tert-OH is 1. The van der Waals surface area contributed by atoms with Crippen molar-refractivity contribution < 1.29 is 29.0 Å². The third-order valence-corrected chi connectivity index (χ3v) is 10.6. The van der Waals surface area contributed by atoms with E-state index in [1.165, 1.54) is 0 Å². The highest BCUT2D eigenvalue weighted by Gasteiger charge is 2.74. The molecule has 2 amide bonds. The lowest BCUT2D eigenvalue weighted by Gasteiger charge is -2.40. The molecule has 1 aromatic carbocycles. The van der Waals surface area contributed by atoms with Crippen molar-refractivity contribution in [2.24, 2.45) is 17.8 Å². The Morgan fingerprint density at radius 1 is 1.22 bits per heavy atom. The smallest absolute Gasteiger partial charge is 0.310 e. The summed E-state index contributed by atoms with van der Waals surface area (Å²) in [5.41, 5.74) is 0.667. The van der Waals surface area contributed by atoms with Crippen LogP contribution < -0.4 is 9.64 Å². The zero-order valence-corrected chi connectivity index (χ0v) is 25.3. The number of hydrogen-bond acceptors (Lipinski definition) is 7. The monoisotopic (exact) mass is 584 g/mol. The van der Waals surface area contributed by atoms with Gasteiger partial charge in [0.25, 0.3) is 5.91 Å². The highest BCUT2D eigenvalue weighted by Crippen LogP contribution is 2.67. The molecule has 0 radical (unpaired) electrons. The van der Waals surface area contributed by atoms with Crippen LogP contribution in [0, 0.1) is 17.8 Å². The van der Waals surface area contributed by atoms with E-state index < -0.39 is 28.7 Å². The molecule has 9 heteroatoms. The lowest BCUT2D eigenvalue weighted by molar-refractivity contribution is -0.154. The fourth-order valence-corrected chi connectivity index (χ4v) is 9.06. The molecular formula is C32H44N2O6S. The first-order valence-corrected chi connectivity index (χ1v) is 15.6. The number of anilines is 1. The fourth-order valence-electron chi connectivity index (χ4n) is 6.87. The number of allylic oxidation sites excluding steroid dienone is 1. The lowest BCUT2D eigenvalue weighted by Crippen LogP contribution is -2.57. The van der Waals surface area contributed by atoms with Crippen LogP contribution in [0.3, 0.4) is 0 Å². The molecule has 1 spiro atoms. The van der Waals surface area contributed by atoms with E-state index in [1.54, 1.807) is 46.9 Å². The molecule has 3 aliphatic rings. The molecular weight excluding hydrogens is 540 g/mol. The van der Waals surface area contributed by atoms with Crippen LogP contribution in [0.1, 0.15) is 52.4 Å². The third-order valence-electron chi connectivity index (χ3n) is 8.60.